The first-order valence-electron chi connectivity index (χ1n) is 7.03. The monoisotopic (exact) mass is 311 g/mol. The minimum absolute atomic E-state index is 0.330. The molecule has 5 nitrogen and oxygen atoms in total. The van der Waals surface area contributed by atoms with Crippen LogP contribution in [0.3, 0.4) is 0 Å². The number of hydrogen-bond donors (Lipinski definition) is 1. The number of hydrogen-bond acceptors (Lipinski definition) is 5. The lowest BCUT2D eigenvalue weighted by Crippen LogP contribution is -2.32. The fourth-order valence-corrected chi connectivity index (χ4v) is 3.78. The van der Waals surface area contributed by atoms with E-state index in [-0.39, 0.29) is 6.10 Å². The van der Waals surface area contributed by atoms with Gasteiger partial charge >= 0.3 is 5.97 Å². The van der Waals surface area contributed by atoms with E-state index < -0.39 is 21.1 Å². The number of nitrogens with two attached hydrogens (primary N) is 1. The maximum Gasteiger partial charge on any atom is 0.338 e. The van der Waals surface area contributed by atoms with Crippen LogP contribution < -0.4 is 5.73 Å². The molecule has 1 aromatic rings. The fourth-order valence-electron chi connectivity index (χ4n) is 2.62. The molecule has 2 atom stereocenters. The molecule has 2 N–H and O–H groups in total. The standard InChI is InChI=1S/C15H21NO4S/c1-10-8-11(6-7-14(10)16)15(17)20-12-4-3-5-13(9-12)21(2,18)19/h6-8,12-13H,3-5,9,16H2,1-2H3. The Balaban J connectivity index is 2.03. The van der Waals surface area contributed by atoms with E-state index in [4.69, 9.17) is 10.5 Å². The van der Waals surface area contributed by atoms with Crippen molar-refractivity contribution in [2.75, 3.05) is 12.0 Å². The van der Waals surface area contributed by atoms with Crippen LogP contribution in [0.1, 0.15) is 41.6 Å². The van der Waals surface area contributed by atoms with Gasteiger partial charge in [0, 0.05) is 18.4 Å². The van der Waals surface area contributed by atoms with Gasteiger partial charge in [0.15, 0.2) is 0 Å². The largest absolute Gasteiger partial charge is 0.459 e. The van der Waals surface area contributed by atoms with Crippen LogP contribution in [-0.4, -0.2) is 32.0 Å². The average molecular weight is 311 g/mol. The summed E-state index contributed by atoms with van der Waals surface area (Å²) in [6, 6.07) is 4.99. The number of nitrogen functional groups attached to an aromatic ring is 1. The molecule has 6 heteroatoms. The second kappa shape index (κ2) is 6.05. The average Bonchev–Trinajstić information content (AvgIpc) is 2.41. The Labute approximate surface area is 125 Å². The first kappa shape index (κ1) is 15.8. The summed E-state index contributed by atoms with van der Waals surface area (Å²) in [4.78, 5) is 12.1. The lowest BCUT2D eigenvalue weighted by Gasteiger charge is -2.27. The lowest BCUT2D eigenvalue weighted by molar-refractivity contribution is 0.0215. The predicted octanol–water partition coefficient (Wildman–Crippen LogP) is 2.09. The van der Waals surface area contributed by atoms with Crippen molar-refractivity contribution >= 4 is 21.5 Å². The van der Waals surface area contributed by atoms with E-state index in [1.807, 2.05) is 6.92 Å². The Hall–Kier alpha value is -1.56. The summed E-state index contributed by atoms with van der Waals surface area (Å²) in [6.07, 6.45) is 3.42. The van der Waals surface area contributed by atoms with Crippen LogP contribution in [0.25, 0.3) is 0 Å². The molecule has 1 fully saturated rings. The Kier molecular flexibility index (Phi) is 4.56. The van der Waals surface area contributed by atoms with Gasteiger partial charge in [0.2, 0.25) is 0 Å². The molecular formula is C15H21NO4S. The zero-order chi connectivity index (χ0) is 15.6. The summed E-state index contributed by atoms with van der Waals surface area (Å²) in [5, 5.41) is -0.405. The van der Waals surface area contributed by atoms with E-state index in [0.29, 0.717) is 30.5 Å². The second-order valence-electron chi connectivity index (χ2n) is 5.72. The van der Waals surface area contributed by atoms with Crippen molar-refractivity contribution in [3.05, 3.63) is 29.3 Å². The zero-order valence-electron chi connectivity index (χ0n) is 12.3. The van der Waals surface area contributed by atoms with Gasteiger partial charge in [-0.1, -0.05) is 0 Å². The van der Waals surface area contributed by atoms with Crippen LogP contribution in [0, 0.1) is 6.92 Å². The van der Waals surface area contributed by atoms with E-state index in [9.17, 15) is 13.2 Å². The zero-order valence-corrected chi connectivity index (χ0v) is 13.2. The van der Waals surface area contributed by atoms with Crippen molar-refractivity contribution in [3.63, 3.8) is 0 Å². The second-order valence-corrected chi connectivity index (χ2v) is 8.04. The molecule has 2 unspecified atom stereocenters. The number of carbonyl (C=O) groups is 1. The van der Waals surface area contributed by atoms with Crippen molar-refractivity contribution in [1.82, 2.24) is 0 Å². The van der Waals surface area contributed by atoms with Gasteiger partial charge in [-0.05, 0) is 49.9 Å². The van der Waals surface area contributed by atoms with Crippen molar-refractivity contribution in [2.45, 2.75) is 44.0 Å². The van der Waals surface area contributed by atoms with Crippen molar-refractivity contribution in [1.29, 1.82) is 0 Å². The molecule has 21 heavy (non-hydrogen) atoms. The summed E-state index contributed by atoms with van der Waals surface area (Å²) in [5.74, 6) is -0.419. The number of anilines is 1. The smallest absolute Gasteiger partial charge is 0.338 e. The summed E-state index contributed by atoms with van der Waals surface area (Å²) in [6.45, 7) is 1.83. The summed E-state index contributed by atoms with van der Waals surface area (Å²) < 4.78 is 28.7. The highest BCUT2D eigenvalue weighted by atomic mass is 32.2. The first-order valence-corrected chi connectivity index (χ1v) is 8.99. The third kappa shape index (κ3) is 3.97. The molecule has 116 valence electrons. The number of carbonyl (C=O) groups excluding carboxylic acids is 1. The fraction of sp³-hybridized carbons (Fsp3) is 0.533. The van der Waals surface area contributed by atoms with Gasteiger partial charge in [0.25, 0.3) is 0 Å². The minimum atomic E-state index is -3.08. The third-order valence-electron chi connectivity index (χ3n) is 3.96. The molecule has 0 saturated heterocycles. The van der Waals surface area contributed by atoms with Crippen LogP contribution in [0.2, 0.25) is 0 Å². The highest BCUT2D eigenvalue weighted by Gasteiger charge is 2.31. The third-order valence-corrected chi connectivity index (χ3v) is 5.60. The molecule has 0 spiro atoms. The van der Waals surface area contributed by atoms with E-state index >= 15 is 0 Å². The molecule has 2 rings (SSSR count). The van der Waals surface area contributed by atoms with Crippen LogP contribution in [0.5, 0.6) is 0 Å². The Morgan fingerprint density at radius 2 is 2.05 bits per heavy atom. The Bertz CT molecular complexity index is 639. The SMILES string of the molecule is Cc1cc(C(=O)OC2CCCC(S(C)(=O)=O)C2)ccc1N. The van der Waals surface area contributed by atoms with E-state index in [0.717, 1.165) is 12.0 Å². The van der Waals surface area contributed by atoms with Crippen molar-refractivity contribution in [2.24, 2.45) is 0 Å². The van der Waals surface area contributed by atoms with Crippen molar-refractivity contribution < 1.29 is 17.9 Å². The van der Waals surface area contributed by atoms with E-state index in [2.05, 4.69) is 0 Å². The van der Waals surface area contributed by atoms with Gasteiger partial charge in [-0.15, -0.1) is 0 Å². The Morgan fingerprint density at radius 3 is 2.67 bits per heavy atom. The van der Waals surface area contributed by atoms with Gasteiger partial charge in [-0.2, -0.15) is 0 Å². The molecule has 1 aliphatic rings. The molecule has 0 aromatic heterocycles. The van der Waals surface area contributed by atoms with Crippen LogP contribution in [0.15, 0.2) is 18.2 Å². The minimum Gasteiger partial charge on any atom is -0.459 e. The summed E-state index contributed by atoms with van der Waals surface area (Å²) >= 11 is 0. The number of ether oxygens (including phenoxy) is 1. The van der Waals surface area contributed by atoms with Crippen LogP contribution >= 0.6 is 0 Å². The molecule has 1 aliphatic carbocycles. The predicted molar refractivity (Wildman–Crippen MR) is 81.9 cm³/mol. The van der Waals surface area contributed by atoms with Crippen LogP contribution in [0.4, 0.5) is 5.69 Å². The van der Waals surface area contributed by atoms with E-state index in [1.54, 1.807) is 18.2 Å². The molecule has 1 saturated carbocycles. The molecule has 0 bridgehead atoms. The maximum atomic E-state index is 12.1. The summed E-state index contributed by atoms with van der Waals surface area (Å²) in [5.41, 5.74) is 7.62. The molecule has 0 amide bonds. The molecule has 0 aliphatic heterocycles. The number of rotatable bonds is 3. The Morgan fingerprint density at radius 1 is 1.33 bits per heavy atom. The van der Waals surface area contributed by atoms with Gasteiger partial charge in [0.05, 0.1) is 10.8 Å². The molecule has 0 heterocycles. The quantitative estimate of drug-likeness (QED) is 0.682. The van der Waals surface area contributed by atoms with Gasteiger partial charge in [0.1, 0.15) is 15.9 Å². The first-order chi connectivity index (χ1) is 9.77. The molecule has 0 radical (unpaired) electrons. The topological polar surface area (TPSA) is 86.5 Å². The number of sulfone groups is 1. The highest BCUT2D eigenvalue weighted by Crippen LogP contribution is 2.26. The highest BCUT2D eigenvalue weighted by molar-refractivity contribution is 7.91. The van der Waals surface area contributed by atoms with Gasteiger partial charge in [-0.25, -0.2) is 13.2 Å². The van der Waals surface area contributed by atoms with Crippen LogP contribution in [-0.2, 0) is 14.6 Å². The number of benzene rings is 1. The normalized spacial score (nSPS) is 22.8. The summed E-state index contributed by atoms with van der Waals surface area (Å²) in [7, 11) is -3.08. The maximum absolute atomic E-state index is 12.1. The van der Waals surface area contributed by atoms with E-state index in [1.165, 1.54) is 6.26 Å². The van der Waals surface area contributed by atoms with Crippen molar-refractivity contribution in [3.8, 4) is 0 Å². The van der Waals surface area contributed by atoms with Gasteiger partial charge in [-0.3, -0.25) is 0 Å². The lowest BCUT2D eigenvalue weighted by atomic mass is 9.97. The molecule has 1 aromatic carbocycles. The number of esters is 1. The molecular weight excluding hydrogens is 290 g/mol. The van der Waals surface area contributed by atoms with Gasteiger partial charge < -0.3 is 10.5 Å². The number of aryl methyl sites for hydroxylation is 1.